The van der Waals surface area contributed by atoms with E-state index in [-0.39, 0.29) is 5.56 Å². The maximum Gasteiger partial charge on any atom is 0.362 e. The van der Waals surface area contributed by atoms with Gasteiger partial charge in [0.15, 0.2) is 0 Å². The van der Waals surface area contributed by atoms with Crippen molar-refractivity contribution in [3.05, 3.63) is 35.9 Å². The van der Waals surface area contributed by atoms with Gasteiger partial charge in [-0.05, 0) is 12.1 Å². The van der Waals surface area contributed by atoms with Crippen LogP contribution in [0.2, 0.25) is 0 Å². The van der Waals surface area contributed by atoms with E-state index in [9.17, 15) is 9.59 Å². The van der Waals surface area contributed by atoms with Gasteiger partial charge in [0.2, 0.25) is 0 Å². The first-order valence-electron chi connectivity index (χ1n) is 4.42. The second kappa shape index (κ2) is 5.51. The molecule has 1 aromatic rings. The molecule has 16 heavy (non-hydrogen) atoms. The first-order valence-corrected chi connectivity index (χ1v) is 4.42. The molecule has 0 saturated heterocycles. The van der Waals surface area contributed by atoms with Crippen LogP contribution in [-0.4, -0.2) is 25.2 Å². The molecule has 0 heterocycles. The summed E-state index contributed by atoms with van der Waals surface area (Å²) >= 11 is 0. The zero-order chi connectivity index (χ0) is 12.0. The molecular weight excluding hydrogens is 210 g/mol. The van der Waals surface area contributed by atoms with Crippen molar-refractivity contribution in [1.29, 1.82) is 5.26 Å². The lowest BCUT2D eigenvalue weighted by atomic mass is 10.2. The molecule has 0 amide bonds. The molecule has 0 radical (unpaired) electrons. The van der Waals surface area contributed by atoms with Crippen LogP contribution in [0.4, 0.5) is 0 Å². The fourth-order valence-corrected chi connectivity index (χ4v) is 0.984. The summed E-state index contributed by atoms with van der Waals surface area (Å²) < 4.78 is 8.97. The molecule has 0 aromatic heterocycles. The van der Waals surface area contributed by atoms with Crippen LogP contribution in [0, 0.1) is 11.3 Å². The average molecular weight is 219 g/mol. The molecule has 0 aliphatic heterocycles. The summed E-state index contributed by atoms with van der Waals surface area (Å²) in [5.74, 6) is -1.63. The Balaban J connectivity index is 2.71. The number of hydrogen-bond donors (Lipinski definition) is 0. The molecule has 0 aliphatic carbocycles. The predicted molar refractivity (Wildman–Crippen MR) is 53.3 cm³/mol. The summed E-state index contributed by atoms with van der Waals surface area (Å²) in [6.45, 7) is 0. The molecule has 82 valence electrons. The largest absolute Gasteiger partial charge is 0.465 e. The first-order chi connectivity index (χ1) is 7.69. The van der Waals surface area contributed by atoms with E-state index < -0.39 is 18.0 Å². The fraction of sp³-hybridized carbons (Fsp3) is 0.182. The minimum absolute atomic E-state index is 0.270. The van der Waals surface area contributed by atoms with E-state index in [2.05, 4.69) is 9.47 Å². The van der Waals surface area contributed by atoms with Crippen molar-refractivity contribution in [2.24, 2.45) is 0 Å². The third kappa shape index (κ3) is 2.82. The van der Waals surface area contributed by atoms with Gasteiger partial charge < -0.3 is 9.47 Å². The van der Waals surface area contributed by atoms with Crippen LogP contribution < -0.4 is 0 Å². The van der Waals surface area contributed by atoms with Gasteiger partial charge >= 0.3 is 11.9 Å². The Morgan fingerprint density at radius 2 is 1.94 bits per heavy atom. The minimum Gasteiger partial charge on any atom is -0.465 e. The van der Waals surface area contributed by atoms with E-state index in [0.29, 0.717) is 0 Å². The summed E-state index contributed by atoms with van der Waals surface area (Å²) in [6.07, 6.45) is -1.53. The standard InChI is InChI=1S/C11H9NO4/c1-15-11(14)9(7-12)16-10(13)8-5-3-2-4-6-8/h2-6,9H,1H3. The third-order valence-corrected chi connectivity index (χ3v) is 1.77. The maximum atomic E-state index is 11.5. The lowest BCUT2D eigenvalue weighted by Gasteiger charge is -2.08. The fourth-order valence-electron chi connectivity index (χ4n) is 0.984. The molecule has 5 heteroatoms. The summed E-state index contributed by atoms with van der Waals surface area (Å²) in [7, 11) is 1.11. The van der Waals surface area contributed by atoms with Gasteiger partial charge in [0.05, 0.1) is 12.7 Å². The van der Waals surface area contributed by atoms with Crippen molar-refractivity contribution >= 4 is 11.9 Å². The highest BCUT2D eigenvalue weighted by atomic mass is 16.6. The third-order valence-electron chi connectivity index (χ3n) is 1.77. The molecule has 5 nitrogen and oxygen atoms in total. The van der Waals surface area contributed by atoms with Crippen molar-refractivity contribution in [3.8, 4) is 6.07 Å². The Kier molecular flexibility index (Phi) is 4.04. The number of esters is 2. The van der Waals surface area contributed by atoms with Crippen molar-refractivity contribution in [3.63, 3.8) is 0 Å². The van der Waals surface area contributed by atoms with Gasteiger partial charge in [-0.3, -0.25) is 0 Å². The second-order valence-electron chi connectivity index (χ2n) is 2.80. The number of nitriles is 1. The van der Waals surface area contributed by atoms with E-state index in [1.165, 1.54) is 18.2 Å². The molecule has 0 saturated carbocycles. The molecule has 1 unspecified atom stereocenters. The van der Waals surface area contributed by atoms with E-state index in [1.54, 1.807) is 18.2 Å². The highest BCUT2D eigenvalue weighted by molar-refractivity contribution is 5.92. The highest BCUT2D eigenvalue weighted by Gasteiger charge is 2.23. The van der Waals surface area contributed by atoms with Gasteiger partial charge in [0.25, 0.3) is 6.10 Å². The normalized spacial score (nSPS) is 11.0. The Morgan fingerprint density at radius 3 is 2.44 bits per heavy atom. The average Bonchev–Trinajstić information content (AvgIpc) is 2.35. The van der Waals surface area contributed by atoms with Crippen molar-refractivity contribution < 1.29 is 19.1 Å². The maximum absolute atomic E-state index is 11.5. The molecular formula is C11H9NO4. The van der Waals surface area contributed by atoms with Gasteiger partial charge in [-0.25, -0.2) is 9.59 Å². The number of nitrogens with zero attached hydrogens (tertiary/aromatic N) is 1. The van der Waals surface area contributed by atoms with E-state index in [0.717, 1.165) is 7.11 Å². The molecule has 1 rings (SSSR count). The number of carbonyl (C=O) groups excluding carboxylic acids is 2. The van der Waals surface area contributed by atoms with Crippen LogP contribution in [0.25, 0.3) is 0 Å². The van der Waals surface area contributed by atoms with Crippen molar-refractivity contribution in [2.75, 3.05) is 7.11 Å². The summed E-state index contributed by atoms with van der Waals surface area (Å²) in [5.41, 5.74) is 0.270. The molecule has 0 aliphatic rings. The zero-order valence-electron chi connectivity index (χ0n) is 8.54. The van der Waals surface area contributed by atoms with Crippen molar-refractivity contribution in [2.45, 2.75) is 6.10 Å². The van der Waals surface area contributed by atoms with Crippen LogP contribution in [0.1, 0.15) is 10.4 Å². The summed E-state index contributed by atoms with van der Waals surface area (Å²) in [5, 5.41) is 8.60. The van der Waals surface area contributed by atoms with Gasteiger partial charge in [0, 0.05) is 0 Å². The monoisotopic (exact) mass is 219 g/mol. The number of benzene rings is 1. The van der Waals surface area contributed by atoms with Crippen LogP contribution in [0.15, 0.2) is 30.3 Å². The Bertz CT molecular complexity index is 421. The van der Waals surface area contributed by atoms with Crippen LogP contribution in [0.3, 0.4) is 0 Å². The Morgan fingerprint density at radius 1 is 1.31 bits per heavy atom. The first kappa shape index (κ1) is 11.7. The summed E-state index contributed by atoms with van der Waals surface area (Å²) in [6, 6.07) is 9.61. The topological polar surface area (TPSA) is 76.4 Å². The van der Waals surface area contributed by atoms with Gasteiger partial charge in [-0.1, -0.05) is 18.2 Å². The van der Waals surface area contributed by atoms with E-state index in [4.69, 9.17) is 5.26 Å². The second-order valence-corrected chi connectivity index (χ2v) is 2.80. The summed E-state index contributed by atoms with van der Waals surface area (Å²) in [4.78, 5) is 22.4. The van der Waals surface area contributed by atoms with Gasteiger partial charge in [-0.2, -0.15) is 5.26 Å². The molecule has 0 N–H and O–H groups in total. The van der Waals surface area contributed by atoms with Crippen molar-refractivity contribution in [1.82, 2.24) is 0 Å². The van der Waals surface area contributed by atoms with Crippen LogP contribution in [0.5, 0.6) is 0 Å². The zero-order valence-corrected chi connectivity index (χ0v) is 8.54. The smallest absolute Gasteiger partial charge is 0.362 e. The molecule has 0 spiro atoms. The lowest BCUT2D eigenvalue weighted by molar-refractivity contribution is -0.147. The number of carbonyl (C=O) groups is 2. The molecule has 0 bridgehead atoms. The Labute approximate surface area is 92.2 Å². The number of hydrogen-bond acceptors (Lipinski definition) is 5. The minimum atomic E-state index is -1.53. The van der Waals surface area contributed by atoms with Crippen LogP contribution in [-0.2, 0) is 14.3 Å². The number of ether oxygens (including phenoxy) is 2. The SMILES string of the molecule is COC(=O)C(C#N)OC(=O)c1ccccc1. The highest BCUT2D eigenvalue weighted by Crippen LogP contribution is 2.04. The Hall–Kier alpha value is -2.35. The van der Waals surface area contributed by atoms with E-state index in [1.807, 2.05) is 0 Å². The van der Waals surface area contributed by atoms with Gasteiger partial charge in [-0.15, -0.1) is 0 Å². The van der Waals surface area contributed by atoms with Crippen LogP contribution >= 0.6 is 0 Å². The van der Waals surface area contributed by atoms with Gasteiger partial charge in [0.1, 0.15) is 6.07 Å². The number of methoxy groups -OCH3 is 1. The molecule has 1 aromatic carbocycles. The quantitative estimate of drug-likeness (QED) is 0.706. The molecule has 1 atom stereocenters. The lowest BCUT2D eigenvalue weighted by Crippen LogP contribution is -2.26. The number of rotatable bonds is 3. The van der Waals surface area contributed by atoms with E-state index >= 15 is 0 Å². The predicted octanol–water partition coefficient (Wildman–Crippen LogP) is 0.909. The molecule has 0 fully saturated rings.